The van der Waals surface area contributed by atoms with Crippen LogP contribution in [0, 0.1) is 28.7 Å². The number of rotatable bonds is 4. The van der Waals surface area contributed by atoms with Gasteiger partial charge in [0, 0.05) is 0 Å². The van der Waals surface area contributed by atoms with Crippen molar-refractivity contribution in [2.75, 3.05) is 0 Å². The Morgan fingerprint density at radius 3 is 1.69 bits per heavy atom. The summed E-state index contributed by atoms with van der Waals surface area (Å²) < 4.78 is 0. The fourth-order valence-electron chi connectivity index (χ4n) is 5.88. The Balaban J connectivity index is 0.000000813. The Kier molecular flexibility index (Phi) is 18.9. The van der Waals surface area contributed by atoms with Crippen LogP contribution in [-0.4, -0.2) is 6.88 Å². The average molecular weight is 773 g/mol. The summed E-state index contributed by atoms with van der Waals surface area (Å²) in [5, 5.41) is 5.48. The van der Waals surface area contributed by atoms with Crippen LogP contribution < -0.4 is 0 Å². The standard InChI is InChI=1S/C22H25.C20H21.2CH3.2ClH.Si.Zr/c1-15(2)18-13-17-7-6-8-20(21(17)14-18)16-9-11-19(12-10-16)22(3,4)5;1-13(2)16-6-8-17(9-7-16)18-10-5-15(4)19-11-14(3)12-20(18)19;;;;;;/h6-15H,1-5H3;5-13H,1-4H3;2*1H3;2*1H;;/q4*-1;;;;. The minimum atomic E-state index is 0. The van der Waals surface area contributed by atoms with Gasteiger partial charge in [-0.05, 0) is 39.5 Å². The van der Waals surface area contributed by atoms with Crippen molar-refractivity contribution in [2.45, 2.75) is 79.6 Å². The van der Waals surface area contributed by atoms with Gasteiger partial charge in [-0.2, -0.15) is 12.1 Å². The van der Waals surface area contributed by atoms with Crippen LogP contribution in [0.3, 0.4) is 0 Å². The second kappa shape index (κ2) is 19.8. The van der Waals surface area contributed by atoms with E-state index < -0.39 is 0 Å². The molecule has 0 nitrogen and oxygen atoms in total. The van der Waals surface area contributed by atoms with E-state index in [1.165, 1.54) is 95.0 Å². The molecule has 0 atom stereocenters. The van der Waals surface area contributed by atoms with Crippen molar-refractivity contribution in [3.63, 3.8) is 0 Å². The fraction of sp³-hybridized carbons (Fsp3) is 0.273. The molecule has 256 valence electrons. The molecule has 48 heavy (non-hydrogen) atoms. The molecule has 0 bridgehead atoms. The minimum absolute atomic E-state index is 0. The molecule has 0 amide bonds. The van der Waals surface area contributed by atoms with Crippen molar-refractivity contribution in [1.29, 1.82) is 0 Å². The molecular weight excluding hydrogens is 719 g/mol. The maximum absolute atomic E-state index is 3.06. The van der Waals surface area contributed by atoms with Crippen molar-refractivity contribution in [1.82, 2.24) is 0 Å². The van der Waals surface area contributed by atoms with Gasteiger partial charge in [-0.15, -0.1) is 93.4 Å². The number of halogens is 2. The van der Waals surface area contributed by atoms with E-state index in [0.29, 0.717) is 11.8 Å². The Hall–Kier alpha value is -2.22. The van der Waals surface area contributed by atoms with Crippen LogP contribution in [0.4, 0.5) is 0 Å². The monoisotopic (exact) mass is 770 g/mol. The van der Waals surface area contributed by atoms with Gasteiger partial charge in [-0.1, -0.05) is 134 Å². The third kappa shape index (κ3) is 10.6. The first-order valence-electron chi connectivity index (χ1n) is 15.7. The van der Waals surface area contributed by atoms with Crippen LogP contribution in [-0.2, 0) is 28.8 Å². The Bertz CT molecular complexity index is 1830. The maximum atomic E-state index is 3.06. The van der Waals surface area contributed by atoms with Gasteiger partial charge >= 0.3 is 30.2 Å². The Labute approximate surface area is 321 Å². The SMILES string of the molecule is CC(C)c1cc2c(-c3ccc(C(C)(C)C)cc3)cccc2[cH-]1.Cc1cc2c(-c3ccc(C(C)C)cc3)ccc(C)c2[cH-]1.Cl.Cl.[CH3-].[CH3-].[Si]=[Zr]. The molecule has 0 aliphatic heterocycles. The van der Waals surface area contributed by atoms with Crippen LogP contribution in [0.15, 0.2) is 103 Å². The van der Waals surface area contributed by atoms with Crippen LogP contribution in [0.1, 0.15) is 88.1 Å². The van der Waals surface area contributed by atoms with Crippen LogP contribution >= 0.6 is 24.8 Å². The van der Waals surface area contributed by atoms with Crippen LogP contribution in [0.2, 0.25) is 0 Å². The third-order valence-electron chi connectivity index (χ3n) is 8.64. The fourth-order valence-corrected chi connectivity index (χ4v) is 5.88. The average Bonchev–Trinajstić information content (AvgIpc) is 3.63. The van der Waals surface area contributed by atoms with Gasteiger partial charge in [-0.3, -0.25) is 0 Å². The van der Waals surface area contributed by atoms with Crippen molar-refractivity contribution < 1.29 is 23.3 Å². The van der Waals surface area contributed by atoms with E-state index in [1.54, 1.807) is 0 Å². The molecule has 0 fully saturated rings. The van der Waals surface area contributed by atoms with Gasteiger partial charge in [0.25, 0.3) is 0 Å². The first kappa shape index (κ1) is 45.8. The zero-order chi connectivity index (χ0) is 32.2. The van der Waals surface area contributed by atoms with Crippen LogP contribution in [0.5, 0.6) is 0 Å². The van der Waals surface area contributed by atoms with Gasteiger partial charge < -0.3 is 14.9 Å². The molecule has 0 aliphatic rings. The number of fused-ring (bicyclic) bond motifs is 2. The summed E-state index contributed by atoms with van der Waals surface area (Å²) in [6.45, 7) is 23.2. The number of benzene rings is 4. The first-order valence-corrected chi connectivity index (χ1v) is 19.9. The van der Waals surface area contributed by atoms with Crippen molar-refractivity contribution in [3.05, 3.63) is 146 Å². The molecule has 4 heteroatoms. The molecule has 0 spiro atoms. The molecule has 0 N–H and O–H groups in total. The predicted molar refractivity (Wildman–Crippen MR) is 219 cm³/mol. The van der Waals surface area contributed by atoms with Crippen molar-refractivity contribution >= 4 is 53.2 Å². The van der Waals surface area contributed by atoms with Gasteiger partial charge in [0.1, 0.15) is 0 Å². The van der Waals surface area contributed by atoms with Crippen molar-refractivity contribution in [3.8, 4) is 22.3 Å². The molecule has 0 saturated heterocycles. The van der Waals surface area contributed by atoms with E-state index in [0.717, 1.165) is 0 Å². The number of aryl methyl sites for hydroxylation is 2. The normalized spacial score (nSPS) is 10.5. The molecule has 6 aromatic carbocycles. The van der Waals surface area contributed by atoms with E-state index >= 15 is 0 Å². The first-order chi connectivity index (χ1) is 20.9. The van der Waals surface area contributed by atoms with E-state index in [1.807, 2.05) is 0 Å². The summed E-state index contributed by atoms with van der Waals surface area (Å²) in [5.41, 5.74) is 12.4. The third-order valence-corrected chi connectivity index (χ3v) is 8.64. The second-order valence-corrected chi connectivity index (χ2v) is 13.6. The van der Waals surface area contributed by atoms with Gasteiger partial charge in [0.2, 0.25) is 0 Å². The van der Waals surface area contributed by atoms with E-state index in [4.69, 9.17) is 0 Å². The molecule has 0 saturated carbocycles. The molecule has 0 aromatic heterocycles. The molecular formula is C44H54Cl2SiZr-4. The molecule has 0 heterocycles. The van der Waals surface area contributed by atoms with Crippen molar-refractivity contribution in [2.24, 2.45) is 0 Å². The number of hydrogen-bond acceptors (Lipinski definition) is 0. The van der Waals surface area contributed by atoms with E-state index in [9.17, 15) is 0 Å². The quantitative estimate of drug-likeness (QED) is 0.124. The summed E-state index contributed by atoms with van der Waals surface area (Å²) in [6, 6.07) is 38.4. The summed E-state index contributed by atoms with van der Waals surface area (Å²) in [4.78, 5) is 0. The zero-order valence-electron chi connectivity index (χ0n) is 30.8. The summed E-state index contributed by atoms with van der Waals surface area (Å²) >= 11 is 1.36. The molecule has 6 rings (SSSR count). The second-order valence-electron chi connectivity index (χ2n) is 13.6. The Morgan fingerprint density at radius 2 is 1.17 bits per heavy atom. The predicted octanol–water partition coefficient (Wildman–Crippen LogP) is 14.0. The molecule has 0 aliphatic carbocycles. The summed E-state index contributed by atoms with van der Waals surface area (Å²) in [6.07, 6.45) is 0. The van der Waals surface area contributed by atoms with Crippen LogP contribution in [0.25, 0.3) is 43.8 Å². The molecule has 2 radical (unpaired) electrons. The number of hydrogen-bond donors (Lipinski definition) is 0. The summed E-state index contributed by atoms with van der Waals surface area (Å²) in [7, 11) is 0. The van der Waals surface area contributed by atoms with Gasteiger partial charge in [0.15, 0.2) is 0 Å². The molecule has 6 aromatic rings. The molecule has 0 unspecified atom stereocenters. The Morgan fingerprint density at radius 1 is 0.625 bits per heavy atom. The van der Waals surface area contributed by atoms with Gasteiger partial charge in [-0.25, -0.2) is 0 Å². The van der Waals surface area contributed by atoms with Gasteiger partial charge in [0.05, 0.1) is 0 Å². The topological polar surface area (TPSA) is 0 Å². The zero-order valence-corrected chi connectivity index (χ0v) is 35.9. The summed E-state index contributed by atoms with van der Waals surface area (Å²) in [5.74, 6) is 1.16. The van der Waals surface area contributed by atoms with E-state index in [-0.39, 0.29) is 45.1 Å². The van der Waals surface area contributed by atoms with E-state index in [2.05, 4.69) is 172 Å².